The third kappa shape index (κ3) is 3.04. The van der Waals surface area contributed by atoms with Crippen LogP contribution in [-0.4, -0.2) is 11.7 Å². The number of nitrogens with one attached hydrogen (secondary N) is 1. The van der Waals surface area contributed by atoms with Crippen LogP contribution in [0, 0.1) is 0 Å². The second-order valence-electron chi connectivity index (χ2n) is 4.10. The molecule has 2 aromatic rings. The minimum absolute atomic E-state index is 0.0448. The van der Waals surface area contributed by atoms with E-state index in [0.717, 1.165) is 0 Å². The highest BCUT2D eigenvalue weighted by molar-refractivity contribution is 5.95. The molecule has 0 spiro atoms. The van der Waals surface area contributed by atoms with E-state index in [1.54, 1.807) is 24.3 Å². The van der Waals surface area contributed by atoms with Crippen LogP contribution in [-0.2, 0) is 6.61 Å². The molecule has 1 aromatic carbocycles. The topological polar surface area (TPSA) is 94.6 Å². The molecule has 0 saturated carbocycles. The molecule has 3 N–H and O–H groups in total. The summed E-state index contributed by atoms with van der Waals surface area (Å²) in [6.07, 6.45) is 1.38. The monoisotopic (exact) mass is 274 g/mol. The molecule has 0 fully saturated rings. The summed E-state index contributed by atoms with van der Waals surface area (Å²) >= 11 is 0. The van der Waals surface area contributed by atoms with E-state index in [0.29, 0.717) is 22.6 Å². The maximum atomic E-state index is 11.5. The fraction of sp³-hybridized carbons (Fsp3) is 0.143. The number of nitrogens with two attached hydrogens (primary N) is 1. The highest BCUT2D eigenvalue weighted by Gasteiger charge is 2.14. The summed E-state index contributed by atoms with van der Waals surface area (Å²) in [4.78, 5) is 22.7. The molecule has 0 aliphatic carbocycles. The summed E-state index contributed by atoms with van der Waals surface area (Å²) in [6.45, 7) is 1.55. The second-order valence-corrected chi connectivity index (χ2v) is 4.10. The lowest BCUT2D eigenvalue weighted by Crippen LogP contribution is -2.30. The Morgan fingerprint density at radius 3 is 2.85 bits per heavy atom. The van der Waals surface area contributed by atoms with Gasteiger partial charge >= 0.3 is 0 Å². The molecular formula is C14H14N2O4. The van der Waals surface area contributed by atoms with Gasteiger partial charge in [0.25, 0.3) is 5.91 Å². The van der Waals surface area contributed by atoms with Gasteiger partial charge in [0.05, 0.1) is 11.8 Å². The van der Waals surface area contributed by atoms with E-state index < -0.39 is 5.91 Å². The summed E-state index contributed by atoms with van der Waals surface area (Å²) in [6, 6.07) is 8.29. The maximum absolute atomic E-state index is 11.5. The van der Waals surface area contributed by atoms with Crippen LogP contribution < -0.4 is 16.0 Å². The van der Waals surface area contributed by atoms with Gasteiger partial charge in [-0.25, -0.2) is 5.84 Å². The Kier molecular flexibility index (Phi) is 4.17. The maximum Gasteiger partial charge on any atom is 0.268 e. The number of amides is 1. The predicted octanol–water partition coefficient (Wildman–Crippen LogP) is 1.66. The number of rotatable bonds is 5. The van der Waals surface area contributed by atoms with Gasteiger partial charge in [-0.3, -0.25) is 15.0 Å². The molecule has 0 aliphatic heterocycles. The van der Waals surface area contributed by atoms with Gasteiger partial charge < -0.3 is 9.15 Å². The van der Waals surface area contributed by atoms with E-state index >= 15 is 0 Å². The molecule has 0 aliphatic rings. The zero-order valence-electron chi connectivity index (χ0n) is 10.9. The third-order valence-corrected chi connectivity index (χ3v) is 2.73. The molecule has 0 saturated heterocycles. The predicted molar refractivity (Wildman–Crippen MR) is 71.1 cm³/mol. The Labute approximate surface area is 115 Å². The molecule has 1 amide bonds. The quantitative estimate of drug-likeness (QED) is 0.374. The van der Waals surface area contributed by atoms with Crippen LogP contribution in [0.5, 0.6) is 5.75 Å². The van der Waals surface area contributed by atoms with E-state index in [9.17, 15) is 9.59 Å². The molecule has 20 heavy (non-hydrogen) atoms. The summed E-state index contributed by atoms with van der Waals surface area (Å²) in [5.41, 5.74) is 2.90. The first-order valence-electron chi connectivity index (χ1n) is 5.93. The van der Waals surface area contributed by atoms with Crippen molar-refractivity contribution in [3.63, 3.8) is 0 Å². The van der Waals surface area contributed by atoms with Crippen molar-refractivity contribution in [1.29, 1.82) is 0 Å². The lowest BCUT2D eigenvalue weighted by Gasteiger charge is -2.06. The van der Waals surface area contributed by atoms with E-state index in [2.05, 4.69) is 0 Å². The van der Waals surface area contributed by atoms with Gasteiger partial charge in [-0.05, 0) is 25.1 Å². The van der Waals surface area contributed by atoms with Gasteiger partial charge in [-0.2, -0.15) is 0 Å². The average molecular weight is 274 g/mol. The van der Waals surface area contributed by atoms with Crippen molar-refractivity contribution in [3.05, 3.63) is 53.5 Å². The van der Waals surface area contributed by atoms with Crippen LogP contribution in [0.3, 0.4) is 0 Å². The number of hydrogen-bond acceptors (Lipinski definition) is 5. The zero-order valence-corrected chi connectivity index (χ0v) is 10.9. The van der Waals surface area contributed by atoms with Gasteiger partial charge in [0, 0.05) is 5.56 Å². The Balaban J connectivity index is 2.09. The molecule has 0 unspecified atom stereocenters. The van der Waals surface area contributed by atoms with E-state index in [4.69, 9.17) is 15.0 Å². The van der Waals surface area contributed by atoms with E-state index in [-0.39, 0.29) is 12.4 Å². The summed E-state index contributed by atoms with van der Waals surface area (Å²) in [7, 11) is 0. The number of carbonyl (C=O) groups excluding carboxylic acids is 2. The molecule has 2 rings (SSSR count). The number of ketones is 1. The minimum Gasteiger partial charge on any atom is -0.486 e. The molecule has 0 bridgehead atoms. The van der Waals surface area contributed by atoms with Crippen molar-refractivity contribution in [3.8, 4) is 5.75 Å². The van der Waals surface area contributed by atoms with Crippen LogP contribution in [0.1, 0.15) is 33.4 Å². The van der Waals surface area contributed by atoms with Crippen LogP contribution in [0.15, 0.2) is 41.0 Å². The molecule has 1 heterocycles. The molecule has 6 nitrogen and oxygen atoms in total. The standard InChI is InChI=1S/C14H14N2O4/c1-9(17)10-3-2-4-11(7-10)20-8-13-12(5-6-19-13)14(18)16-15/h2-7H,8,15H2,1H3,(H,16,18). The number of nitrogen functional groups attached to an aromatic ring is 1. The van der Waals surface area contributed by atoms with Crippen molar-refractivity contribution in [2.24, 2.45) is 5.84 Å². The number of benzene rings is 1. The number of hydrazine groups is 1. The SMILES string of the molecule is CC(=O)c1cccc(OCc2occc2C(=O)NN)c1. The van der Waals surface area contributed by atoms with Gasteiger partial charge in [0.2, 0.25) is 0 Å². The number of carbonyl (C=O) groups is 2. The first-order chi connectivity index (χ1) is 9.61. The highest BCUT2D eigenvalue weighted by atomic mass is 16.5. The zero-order chi connectivity index (χ0) is 14.5. The second kappa shape index (κ2) is 6.03. The summed E-state index contributed by atoms with van der Waals surface area (Å²) < 4.78 is 10.7. The lowest BCUT2D eigenvalue weighted by atomic mass is 10.1. The van der Waals surface area contributed by atoms with Crippen LogP contribution in [0.4, 0.5) is 0 Å². The number of ether oxygens (including phenoxy) is 1. The number of hydrogen-bond donors (Lipinski definition) is 2. The number of Topliss-reactive ketones (excluding diaryl/α,β-unsaturated/α-hetero) is 1. The smallest absolute Gasteiger partial charge is 0.268 e. The molecule has 104 valence electrons. The molecule has 0 atom stereocenters. The largest absolute Gasteiger partial charge is 0.486 e. The van der Waals surface area contributed by atoms with Crippen molar-refractivity contribution in [2.45, 2.75) is 13.5 Å². The summed E-state index contributed by atoms with van der Waals surface area (Å²) in [5.74, 6) is 5.46. The Morgan fingerprint density at radius 2 is 2.15 bits per heavy atom. The fourth-order valence-electron chi connectivity index (χ4n) is 1.69. The summed E-state index contributed by atoms with van der Waals surface area (Å²) in [5, 5.41) is 0. The fourth-order valence-corrected chi connectivity index (χ4v) is 1.69. The molecular weight excluding hydrogens is 260 g/mol. The van der Waals surface area contributed by atoms with Crippen molar-refractivity contribution in [1.82, 2.24) is 5.43 Å². The van der Waals surface area contributed by atoms with Gasteiger partial charge in [0.15, 0.2) is 11.5 Å². The Bertz CT molecular complexity index is 634. The minimum atomic E-state index is -0.449. The van der Waals surface area contributed by atoms with Gasteiger partial charge in [-0.15, -0.1) is 0 Å². The molecule has 1 aromatic heterocycles. The molecule has 0 radical (unpaired) electrons. The van der Waals surface area contributed by atoms with Crippen LogP contribution in [0.2, 0.25) is 0 Å². The first kappa shape index (κ1) is 13.8. The van der Waals surface area contributed by atoms with Gasteiger partial charge in [0.1, 0.15) is 12.4 Å². The van der Waals surface area contributed by atoms with Crippen molar-refractivity contribution in [2.75, 3.05) is 0 Å². The van der Waals surface area contributed by atoms with E-state index in [1.807, 2.05) is 5.43 Å². The van der Waals surface area contributed by atoms with Crippen LogP contribution >= 0.6 is 0 Å². The van der Waals surface area contributed by atoms with E-state index in [1.165, 1.54) is 19.3 Å². The van der Waals surface area contributed by atoms with Gasteiger partial charge in [-0.1, -0.05) is 12.1 Å². The normalized spacial score (nSPS) is 10.1. The first-order valence-corrected chi connectivity index (χ1v) is 5.93. The van der Waals surface area contributed by atoms with Crippen molar-refractivity contribution < 1.29 is 18.7 Å². The highest BCUT2D eigenvalue weighted by Crippen LogP contribution is 2.17. The Hall–Kier alpha value is -2.60. The average Bonchev–Trinajstić information content (AvgIpc) is 2.93. The van der Waals surface area contributed by atoms with Crippen LogP contribution in [0.25, 0.3) is 0 Å². The Morgan fingerprint density at radius 1 is 1.35 bits per heavy atom. The molecule has 6 heteroatoms. The third-order valence-electron chi connectivity index (χ3n) is 2.73. The number of furan rings is 1. The van der Waals surface area contributed by atoms with Crippen molar-refractivity contribution >= 4 is 11.7 Å². The lowest BCUT2D eigenvalue weighted by molar-refractivity contribution is 0.0948.